The van der Waals surface area contributed by atoms with Crippen LogP contribution in [0.4, 0.5) is 0 Å². The van der Waals surface area contributed by atoms with Crippen molar-refractivity contribution in [2.45, 2.75) is 119 Å². The van der Waals surface area contributed by atoms with E-state index in [0.29, 0.717) is 24.0 Å². The fourth-order valence-electron chi connectivity index (χ4n) is 12.2. The number of carbonyl (C=O) groups excluding carboxylic acids is 3. The van der Waals surface area contributed by atoms with Crippen LogP contribution in [0.25, 0.3) is 0 Å². The van der Waals surface area contributed by atoms with Crippen molar-refractivity contribution < 1.29 is 28.6 Å². The summed E-state index contributed by atoms with van der Waals surface area (Å²) in [7, 11) is 1.54. The molecule has 0 amide bonds. The van der Waals surface area contributed by atoms with E-state index < -0.39 is 5.41 Å². The molecule has 1 aromatic rings. The van der Waals surface area contributed by atoms with Gasteiger partial charge < -0.3 is 14.2 Å². The summed E-state index contributed by atoms with van der Waals surface area (Å²) in [5.41, 5.74) is 0.887. The van der Waals surface area contributed by atoms with E-state index in [9.17, 15) is 14.4 Å². The van der Waals surface area contributed by atoms with Gasteiger partial charge in [-0.05, 0) is 110 Å². The Morgan fingerprint density at radius 3 is 2.22 bits per heavy atom. The second-order valence-electron chi connectivity index (χ2n) is 17.5. The van der Waals surface area contributed by atoms with Crippen molar-refractivity contribution in [3.8, 4) is 0 Å². The maximum Gasteiger partial charge on any atom is 0.338 e. The zero-order valence-corrected chi connectivity index (χ0v) is 29.5. The second-order valence-corrected chi connectivity index (χ2v) is 17.5. The maximum atomic E-state index is 13.8. The van der Waals surface area contributed by atoms with E-state index in [-0.39, 0.29) is 57.0 Å². The van der Waals surface area contributed by atoms with Crippen molar-refractivity contribution in [3.63, 3.8) is 0 Å². The van der Waals surface area contributed by atoms with E-state index in [2.05, 4.69) is 47.6 Å². The molecule has 8 atom stereocenters. The van der Waals surface area contributed by atoms with Gasteiger partial charge >= 0.3 is 17.9 Å². The summed E-state index contributed by atoms with van der Waals surface area (Å²) >= 11 is 0. The Kier molecular flexibility index (Phi) is 8.12. The molecule has 4 fully saturated rings. The molecule has 4 saturated carbocycles. The van der Waals surface area contributed by atoms with Crippen LogP contribution < -0.4 is 0 Å². The van der Waals surface area contributed by atoms with Crippen LogP contribution in [0.3, 0.4) is 0 Å². The van der Waals surface area contributed by atoms with Gasteiger partial charge in [0.05, 0.1) is 18.1 Å². The molecular weight excluding hydrogens is 576 g/mol. The van der Waals surface area contributed by atoms with Gasteiger partial charge in [0, 0.05) is 17.8 Å². The maximum absolute atomic E-state index is 13.8. The number of ether oxygens (including phenoxy) is 3. The number of methoxy groups -OCH3 is 1. The third kappa shape index (κ3) is 4.81. The molecule has 252 valence electrons. The summed E-state index contributed by atoms with van der Waals surface area (Å²) in [6.07, 6.45) is 11.6. The first-order valence-electron chi connectivity index (χ1n) is 17.7. The van der Waals surface area contributed by atoms with Crippen molar-refractivity contribution >= 4 is 17.9 Å². The first kappa shape index (κ1) is 33.3. The molecule has 5 aliphatic rings. The quantitative estimate of drug-likeness (QED) is 0.184. The first-order chi connectivity index (χ1) is 21.6. The molecule has 0 aliphatic heterocycles. The van der Waals surface area contributed by atoms with Gasteiger partial charge in [0.2, 0.25) is 0 Å². The van der Waals surface area contributed by atoms with E-state index >= 15 is 0 Å². The lowest BCUT2D eigenvalue weighted by Gasteiger charge is -2.71. The highest BCUT2D eigenvalue weighted by atomic mass is 16.5. The Hall–Kier alpha value is -2.63. The van der Waals surface area contributed by atoms with Crippen LogP contribution in [0.1, 0.15) is 123 Å². The highest BCUT2D eigenvalue weighted by Gasteiger charge is 2.71. The van der Waals surface area contributed by atoms with E-state index in [1.807, 2.05) is 30.3 Å². The summed E-state index contributed by atoms with van der Waals surface area (Å²) in [4.78, 5) is 39.4. The predicted molar refractivity (Wildman–Crippen MR) is 178 cm³/mol. The molecule has 0 aromatic heterocycles. The summed E-state index contributed by atoms with van der Waals surface area (Å²) in [6.45, 7) is 16.1. The molecular formula is C40H56O6. The molecule has 6 nitrogen and oxygen atoms in total. The molecule has 6 heteroatoms. The molecule has 0 spiro atoms. The van der Waals surface area contributed by atoms with E-state index in [4.69, 9.17) is 14.2 Å². The second kappa shape index (κ2) is 11.2. The van der Waals surface area contributed by atoms with E-state index in [1.54, 1.807) is 7.11 Å². The minimum Gasteiger partial charge on any atom is -0.469 e. The summed E-state index contributed by atoms with van der Waals surface area (Å²) in [5, 5.41) is 0. The number of carbonyl (C=O) groups is 3. The average Bonchev–Trinajstić information content (AvgIpc) is 3.01. The van der Waals surface area contributed by atoms with Crippen LogP contribution in [0.15, 0.2) is 42.0 Å². The number of allylic oxidation sites excluding steroid dienone is 1. The number of fused-ring (bicyclic) bond motifs is 7. The lowest BCUT2D eigenvalue weighted by atomic mass is 9.33. The number of hydrogen-bond donors (Lipinski definition) is 0. The van der Waals surface area contributed by atoms with Gasteiger partial charge in [-0.3, -0.25) is 9.59 Å². The zero-order valence-electron chi connectivity index (χ0n) is 29.5. The smallest absolute Gasteiger partial charge is 0.338 e. The topological polar surface area (TPSA) is 78.9 Å². The van der Waals surface area contributed by atoms with Gasteiger partial charge in [0.15, 0.2) is 0 Å². The SMILES string of the molecule is COC(=O)[C@]12CCC(C)(C)C[C@H]1C1=CC[C@@H]3[C@@]4(C)CCC(OC(C)=O)C(C)(C)[C@@H]4CC[C@@]3(C)[C@]1(COC(=O)c1ccccc1)CC2. The Morgan fingerprint density at radius 1 is 0.848 bits per heavy atom. The summed E-state index contributed by atoms with van der Waals surface area (Å²) < 4.78 is 17.9. The van der Waals surface area contributed by atoms with Crippen molar-refractivity contribution in [2.24, 2.45) is 50.2 Å². The third-order valence-electron chi connectivity index (χ3n) is 14.6. The Bertz CT molecular complexity index is 1410. The minimum atomic E-state index is -0.530. The van der Waals surface area contributed by atoms with Crippen molar-refractivity contribution in [2.75, 3.05) is 13.7 Å². The molecule has 6 rings (SSSR count). The number of esters is 3. The molecule has 0 N–H and O–H groups in total. The molecule has 1 unspecified atom stereocenters. The van der Waals surface area contributed by atoms with Crippen molar-refractivity contribution in [1.29, 1.82) is 0 Å². The van der Waals surface area contributed by atoms with E-state index in [1.165, 1.54) is 12.5 Å². The van der Waals surface area contributed by atoms with Gasteiger partial charge in [-0.15, -0.1) is 0 Å². The fourth-order valence-corrected chi connectivity index (χ4v) is 12.2. The third-order valence-corrected chi connectivity index (χ3v) is 14.6. The molecule has 0 saturated heterocycles. The first-order valence-corrected chi connectivity index (χ1v) is 17.7. The van der Waals surface area contributed by atoms with Crippen LogP contribution in [-0.2, 0) is 23.8 Å². The lowest BCUT2D eigenvalue weighted by Crippen LogP contribution is -2.67. The summed E-state index contributed by atoms with van der Waals surface area (Å²) in [6, 6.07) is 9.32. The molecule has 1 aromatic carbocycles. The fraction of sp³-hybridized carbons (Fsp3) is 0.725. The molecule has 0 heterocycles. The van der Waals surface area contributed by atoms with Crippen molar-refractivity contribution in [1.82, 2.24) is 0 Å². The average molecular weight is 633 g/mol. The van der Waals surface area contributed by atoms with Crippen LogP contribution >= 0.6 is 0 Å². The van der Waals surface area contributed by atoms with Gasteiger partial charge in [0.25, 0.3) is 0 Å². The minimum absolute atomic E-state index is 0.0361. The largest absolute Gasteiger partial charge is 0.469 e. The molecule has 46 heavy (non-hydrogen) atoms. The normalized spacial score (nSPS) is 40.5. The monoisotopic (exact) mass is 632 g/mol. The Morgan fingerprint density at radius 2 is 1.54 bits per heavy atom. The van der Waals surface area contributed by atoms with Gasteiger partial charge in [-0.2, -0.15) is 0 Å². The molecule has 0 bridgehead atoms. The number of hydrogen-bond acceptors (Lipinski definition) is 6. The van der Waals surface area contributed by atoms with Crippen LogP contribution in [0.2, 0.25) is 0 Å². The molecule has 5 aliphatic carbocycles. The van der Waals surface area contributed by atoms with Gasteiger partial charge in [-0.1, -0.05) is 71.4 Å². The van der Waals surface area contributed by atoms with Crippen LogP contribution in [-0.4, -0.2) is 37.7 Å². The zero-order chi connectivity index (χ0) is 33.3. The van der Waals surface area contributed by atoms with Crippen LogP contribution in [0.5, 0.6) is 0 Å². The highest BCUT2D eigenvalue weighted by Crippen LogP contribution is 2.76. The number of benzene rings is 1. The van der Waals surface area contributed by atoms with Gasteiger partial charge in [0.1, 0.15) is 12.7 Å². The molecule has 0 radical (unpaired) electrons. The standard InChI is InChI=1S/C40H56O6/c1-26(41)46-32-17-18-37(6)30(36(32,4)5)16-19-38(7)31(37)15-14-28-29-24-35(2,3)20-21-39(29,34(43)44-8)22-23-40(28,38)25-45-33(42)27-12-10-9-11-13-27/h9-14,29-32H,15-25H2,1-8H3/t29-,30-,31+,32?,37-,38+,39-,40-/m0/s1. The highest BCUT2D eigenvalue weighted by molar-refractivity contribution is 5.89. The Balaban J connectivity index is 1.45. The summed E-state index contributed by atoms with van der Waals surface area (Å²) in [5.74, 6) is 0.291. The number of rotatable bonds is 5. The van der Waals surface area contributed by atoms with E-state index in [0.717, 1.165) is 64.2 Å². The lowest BCUT2D eigenvalue weighted by molar-refractivity contribution is -0.220. The van der Waals surface area contributed by atoms with Crippen LogP contribution in [0, 0.1) is 50.2 Å². The predicted octanol–water partition coefficient (Wildman–Crippen LogP) is 8.73. The Labute approximate surface area is 276 Å². The van der Waals surface area contributed by atoms with Crippen molar-refractivity contribution in [3.05, 3.63) is 47.5 Å². The van der Waals surface area contributed by atoms with Gasteiger partial charge in [-0.25, -0.2) is 4.79 Å².